The van der Waals surface area contributed by atoms with Crippen LogP contribution in [0.4, 0.5) is 0 Å². The summed E-state index contributed by atoms with van der Waals surface area (Å²) in [6.45, 7) is 8.69. The maximum Gasteiger partial charge on any atom is 0.348 e. The van der Waals surface area contributed by atoms with Crippen molar-refractivity contribution in [2.24, 2.45) is 5.41 Å². The number of carbonyl (C=O) groups is 2. The summed E-state index contributed by atoms with van der Waals surface area (Å²) in [5, 5.41) is 0. The molecule has 0 N–H and O–H groups in total. The van der Waals surface area contributed by atoms with Crippen LogP contribution in [0.3, 0.4) is 0 Å². The Morgan fingerprint density at radius 3 is 2.57 bits per heavy atom. The lowest BCUT2D eigenvalue weighted by Gasteiger charge is -2.25. The van der Waals surface area contributed by atoms with Crippen LogP contribution >= 0.6 is 0 Å². The zero-order chi connectivity index (χ0) is 10.9. The van der Waals surface area contributed by atoms with Crippen molar-refractivity contribution < 1.29 is 19.1 Å². The first-order valence-corrected chi connectivity index (χ1v) is 4.43. The number of carbonyl (C=O) groups excluding carboxylic acids is 2. The molecule has 1 saturated heterocycles. The summed E-state index contributed by atoms with van der Waals surface area (Å²) < 4.78 is 9.91. The third-order valence-electron chi connectivity index (χ3n) is 2.63. The van der Waals surface area contributed by atoms with E-state index >= 15 is 0 Å². The highest BCUT2D eigenvalue weighted by molar-refractivity contribution is 5.86. The lowest BCUT2D eigenvalue weighted by Crippen LogP contribution is -2.36. The minimum Gasteiger partial charge on any atom is -0.459 e. The number of hydrogen-bond acceptors (Lipinski definition) is 4. The van der Waals surface area contributed by atoms with Crippen molar-refractivity contribution in [3.8, 4) is 0 Å². The maximum atomic E-state index is 11.3. The summed E-state index contributed by atoms with van der Waals surface area (Å²) in [6.07, 6.45) is -0.0487. The SMILES string of the molecule is C=CC(=O)O[C@H]1C(=O)O[C@@H](C)C1(C)C. The fraction of sp³-hybridized carbons (Fsp3) is 0.600. The molecule has 0 aromatic rings. The Morgan fingerprint density at radius 2 is 2.21 bits per heavy atom. The molecule has 4 heteroatoms. The van der Waals surface area contributed by atoms with E-state index in [1.807, 2.05) is 13.8 Å². The molecule has 78 valence electrons. The summed E-state index contributed by atoms with van der Waals surface area (Å²) in [5.41, 5.74) is -0.490. The number of rotatable bonds is 2. The molecule has 14 heavy (non-hydrogen) atoms. The van der Waals surface area contributed by atoms with E-state index in [0.29, 0.717) is 0 Å². The van der Waals surface area contributed by atoms with Gasteiger partial charge in [-0.1, -0.05) is 20.4 Å². The molecule has 1 aliphatic heterocycles. The monoisotopic (exact) mass is 198 g/mol. The van der Waals surface area contributed by atoms with Gasteiger partial charge in [0.05, 0.1) is 0 Å². The van der Waals surface area contributed by atoms with Crippen LogP contribution in [0.15, 0.2) is 12.7 Å². The Hall–Kier alpha value is -1.32. The topological polar surface area (TPSA) is 52.6 Å². The van der Waals surface area contributed by atoms with Crippen LogP contribution < -0.4 is 0 Å². The zero-order valence-corrected chi connectivity index (χ0v) is 8.57. The van der Waals surface area contributed by atoms with Crippen molar-refractivity contribution >= 4 is 11.9 Å². The van der Waals surface area contributed by atoms with Gasteiger partial charge in [-0.15, -0.1) is 0 Å². The Bertz CT molecular complexity index is 280. The van der Waals surface area contributed by atoms with E-state index in [0.717, 1.165) is 6.08 Å². The fourth-order valence-corrected chi connectivity index (χ4v) is 1.27. The molecule has 0 aliphatic carbocycles. The molecule has 0 radical (unpaired) electrons. The van der Waals surface area contributed by atoms with E-state index in [2.05, 4.69) is 6.58 Å². The van der Waals surface area contributed by atoms with Gasteiger partial charge >= 0.3 is 11.9 Å². The first kappa shape index (κ1) is 10.8. The van der Waals surface area contributed by atoms with Gasteiger partial charge < -0.3 is 9.47 Å². The summed E-state index contributed by atoms with van der Waals surface area (Å²) in [4.78, 5) is 22.3. The van der Waals surface area contributed by atoms with Crippen LogP contribution in [-0.4, -0.2) is 24.1 Å². The van der Waals surface area contributed by atoms with Gasteiger partial charge in [0.1, 0.15) is 6.10 Å². The van der Waals surface area contributed by atoms with E-state index < -0.39 is 23.5 Å². The van der Waals surface area contributed by atoms with Gasteiger partial charge in [-0.2, -0.15) is 0 Å². The lowest BCUT2D eigenvalue weighted by molar-refractivity contribution is -0.159. The summed E-state index contributed by atoms with van der Waals surface area (Å²) in [5.74, 6) is -1.09. The van der Waals surface area contributed by atoms with E-state index in [-0.39, 0.29) is 6.10 Å². The molecular formula is C10H14O4. The third-order valence-corrected chi connectivity index (χ3v) is 2.63. The zero-order valence-electron chi connectivity index (χ0n) is 8.57. The Kier molecular flexibility index (Phi) is 2.64. The van der Waals surface area contributed by atoms with Gasteiger partial charge in [-0.3, -0.25) is 0 Å². The smallest absolute Gasteiger partial charge is 0.348 e. The van der Waals surface area contributed by atoms with Crippen molar-refractivity contribution in [1.82, 2.24) is 0 Å². The molecule has 0 spiro atoms. The van der Waals surface area contributed by atoms with Gasteiger partial charge in [0.2, 0.25) is 6.10 Å². The first-order chi connectivity index (χ1) is 6.39. The van der Waals surface area contributed by atoms with Gasteiger partial charge in [0.15, 0.2) is 0 Å². The second-order valence-corrected chi connectivity index (χ2v) is 3.92. The number of cyclic esters (lactones) is 1. The highest BCUT2D eigenvalue weighted by Crippen LogP contribution is 2.36. The van der Waals surface area contributed by atoms with E-state index in [9.17, 15) is 9.59 Å². The van der Waals surface area contributed by atoms with Crippen LogP contribution in [-0.2, 0) is 19.1 Å². The normalized spacial score (nSPS) is 29.5. The Balaban J connectivity index is 2.81. The summed E-state index contributed by atoms with van der Waals surface area (Å²) in [6, 6.07) is 0. The number of esters is 2. The van der Waals surface area contributed by atoms with Gasteiger partial charge in [-0.25, -0.2) is 9.59 Å². The van der Waals surface area contributed by atoms with Crippen LogP contribution in [0.25, 0.3) is 0 Å². The molecule has 1 fully saturated rings. The molecule has 4 nitrogen and oxygen atoms in total. The second kappa shape index (κ2) is 3.44. The molecule has 0 aromatic carbocycles. The number of ether oxygens (including phenoxy) is 2. The second-order valence-electron chi connectivity index (χ2n) is 3.92. The fourth-order valence-electron chi connectivity index (χ4n) is 1.27. The first-order valence-electron chi connectivity index (χ1n) is 4.43. The minimum atomic E-state index is -0.831. The van der Waals surface area contributed by atoms with Gasteiger partial charge in [0.25, 0.3) is 0 Å². The highest BCUT2D eigenvalue weighted by atomic mass is 16.6. The van der Waals surface area contributed by atoms with E-state index in [4.69, 9.17) is 9.47 Å². The standard InChI is InChI=1S/C10H14O4/c1-5-7(11)14-8-9(12)13-6(2)10(8,3)4/h5-6,8H,1H2,2-4H3/t6-,8-/m0/s1. The third kappa shape index (κ3) is 1.64. The molecule has 0 amide bonds. The lowest BCUT2D eigenvalue weighted by atomic mass is 9.84. The Labute approximate surface area is 82.9 Å². The molecule has 0 bridgehead atoms. The molecule has 1 rings (SSSR count). The molecule has 0 unspecified atom stereocenters. The summed E-state index contributed by atoms with van der Waals surface area (Å²) in [7, 11) is 0. The quantitative estimate of drug-likeness (QED) is 0.491. The molecular weight excluding hydrogens is 184 g/mol. The summed E-state index contributed by atoms with van der Waals surface area (Å²) >= 11 is 0. The van der Waals surface area contributed by atoms with Gasteiger partial charge in [0, 0.05) is 11.5 Å². The van der Waals surface area contributed by atoms with Gasteiger partial charge in [-0.05, 0) is 6.92 Å². The van der Waals surface area contributed by atoms with Crippen molar-refractivity contribution in [1.29, 1.82) is 0 Å². The van der Waals surface area contributed by atoms with Crippen LogP contribution in [0.1, 0.15) is 20.8 Å². The van der Waals surface area contributed by atoms with Crippen LogP contribution in [0.5, 0.6) is 0 Å². The average molecular weight is 198 g/mol. The van der Waals surface area contributed by atoms with E-state index in [1.165, 1.54) is 0 Å². The minimum absolute atomic E-state index is 0.252. The predicted octanol–water partition coefficient (Wildman–Crippen LogP) is 1.06. The van der Waals surface area contributed by atoms with Crippen LogP contribution in [0, 0.1) is 5.41 Å². The van der Waals surface area contributed by atoms with Crippen molar-refractivity contribution in [2.45, 2.75) is 33.0 Å². The molecule has 1 aliphatic rings. The molecule has 0 saturated carbocycles. The maximum absolute atomic E-state index is 11.3. The van der Waals surface area contributed by atoms with Crippen molar-refractivity contribution in [2.75, 3.05) is 0 Å². The van der Waals surface area contributed by atoms with Crippen molar-refractivity contribution in [3.05, 3.63) is 12.7 Å². The number of hydrogen-bond donors (Lipinski definition) is 0. The highest BCUT2D eigenvalue weighted by Gasteiger charge is 2.51. The Morgan fingerprint density at radius 1 is 1.64 bits per heavy atom. The molecule has 1 heterocycles. The molecule has 2 atom stereocenters. The predicted molar refractivity (Wildman–Crippen MR) is 49.4 cm³/mol. The average Bonchev–Trinajstić information content (AvgIpc) is 2.28. The van der Waals surface area contributed by atoms with Crippen LogP contribution in [0.2, 0.25) is 0 Å². The molecule has 0 aromatic heterocycles. The largest absolute Gasteiger partial charge is 0.459 e. The van der Waals surface area contributed by atoms with Crippen molar-refractivity contribution in [3.63, 3.8) is 0 Å². The van der Waals surface area contributed by atoms with E-state index in [1.54, 1.807) is 6.92 Å².